The van der Waals surface area contributed by atoms with Crippen LogP contribution in [0.4, 0.5) is 4.39 Å². The summed E-state index contributed by atoms with van der Waals surface area (Å²) in [5, 5.41) is 0. The van der Waals surface area contributed by atoms with Crippen LogP contribution in [0.3, 0.4) is 0 Å². The molecule has 0 saturated heterocycles. The van der Waals surface area contributed by atoms with Crippen LogP contribution in [0.25, 0.3) is 0 Å². The summed E-state index contributed by atoms with van der Waals surface area (Å²) in [4.78, 5) is 2.18. The molecule has 3 nitrogen and oxygen atoms in total. The zero-order valence-corrected chi connectivity index (χ0v) is 14.3. The first-order valence-corrected chi connectivity index (χ1v) is 8.47. The number of nitrogens with two attached hydrogens (primary N) is 1. The van der Waals surface area contributed by atoms with E-state index < -0.39 is 0 Å². The van der Waals surface area contributed by atoms with E-state index in [9.17, 15) is 4.39 Å². The van der Waals surface area contributed by atoms with Crippen molar-refractivity contribution in [2.75, 3.05) is 20.6 Å². The van der Waals surface area contributed by atoms with Crippen molar-refractivity contribution in [2.24, 2.45) is 5.73 Å². The topological polar surface area (TPSA) is 38.5 Å². The lowest BCUT2D eigenvalue weighted by Gasteiger charge is -2.16. The highest BCUT2D eigenvalue weighted by Crippen LogP contribution is 2.44. The Morgan fingerprint density at radius 1 is 1.08 bits per heavy atom. The van der Waals surface area contributed by atoms with Crippen molar-refractivity contribution in [3.05, 3.63) is 70.5 Å². The molecule has 2 N–H and O–H groups in total. The largest absolute Gasteiger partial charge is 0.361 e. The second kappa shape index (κ2) is 7.43. The lowest BCUT2D eigenvalue weighted by molar-refractivity contribution is 0.0264. The third-order valence-corrected chi connectivity index (χ3v) is 4.56. The van der Waals surface area contributed by atoms with Crippen molar-refractivity contribution < 1.29 is 9.13 Å². The average Bonchev–Trinajstić information content (AvgIpc) is 2.93. The molecular weight excluding hydrogens is 303 g/mol. The van der Waals surface area contributed by atoms with Gasteiger partial charge in [0.05, 0.1) is 6.10 Å². The third-order valence-electron chi connectivity index (χ3n) is 4.56. The van der Waals surface area contributed by atoms with Crippen LogP contribution in [0.5, 0.6) is 0 Å². The monoisotopic (exact) mass is 328 g/mol. The van der Waals surface area contributed by atoms with E-state index in [0.717, 1.165) is 30.5 Å². The first-order valence-electron chi connectivity index (χ1n) is 8.47. The van der Waals surface area contributed by atoms with E-state index in [4.69, 9.17) is 10.5 Å². The van der Waals surface area contributed by atoms with Gasteiger partial charge in [0.1, 0.15) is 11.9 Å². The highest BCUT2D eigenvalue weighted by atomic mass is 19.1. The van der Waals surface area contributed by atoms with Crippen LogP contribution >= 0.6 is 0 Å². The highest BCUT2D eigenvalue weighted by Gasteiger charge is 2.32. The van der Waals surface area contributed by atoms with Gasteiger partial charge in [-0.25, -0.2) is 4.39 Å². The summed E-state index contributed by atoms with van der Waals surface area (Å²) in [6, 6.07) is 12.9. The van der Waals surface area contributed by atoms with E-state index in [1.54, 1.807) is 0 Å². The third kappa shape index (κ3) is 3.66. The lowest BCUT2D eigenvalue weighted by Crippen LogP contribution is -2.14. The van der Waals surface area contributed by atoms with Gasteiger partial charge in [0, 0.05) is 6.54 Å². The van der Waals surface area contributed by atoms with Crippen molar-refractivity contribution in [1.82, 2.24) is 4.90 Å². The van der Waals surface area contributed by atoms with Crippen molar-refractivity contribution >= 4 is 0 Å². The molecule has 0 saturated carbocycles. The molecule has 4 heteroatoms. The van der Waals surface area contributed by atoms with Gasteiger partial charge in [0.25, 0.3) is 0 Å². The summed E-state index contributed by atoms with van der Waals surface area (Å²) in [6.45, 7) is 1.56. The van der Waals surface area contributed by atoms with Crippen LogP contribution in [0.2, 0.25) is 0 Å². The number of ether oxygens (including phenoxy) is 1. The summed E-state index contributed by atoms with van der Waals surface area (Å²) in [5.74, 6) is -0.224. The molecule has 0 aliphatic carbocycles. The van der Waals surface area contributed by atoms with E-state index in [0.29, 0.717) is 6.54 Å². The summed E-state index contributed by atoms with van der Waals surface area (Å²) in [6.07, 6.45) is 1.98. The zero-order chi connectivity index (χ0) is 17.1. The number of nitrogens with zero attached hydrogens (tertiary/aromatic N) is 1. The van der Waals surface area contributed by atoms with Gasteiger partial charge in [-0.1, -0.05) is 30.3 Å². The Balaban J connectivity index is 1.87. The predicted octanol–water partition coefficient (Wildman–Crippen LogP) is 3.79. The molecule has 0 radical (unpaired) electrons. The van der Waals surface area contributed by atoms with Gasteiger partial charge < -0.3 is 15.4 Å². The standard InChI is InChI=1S/C20H25FN2O/c1-23(2)11-3-4-19-18-12-14(13-22)5-10-17(18)20(24-19)15-6-8-16(21)9-7-15/h5-10,12,19-20H,3-4,11,13,22H2,1-2H3. The lowest BCUT2D eigenvalue weighted by atomic mass is 9.94. The molecule has 2 unspecified atom stereocenters. The van der Waals surface area contributed by atoms with Crippen LogP contribution in [-0.4, -0.2) is 25.5 Å². The van der Waals surface area contributed by atoms with E-state index in [1.165, 1.54) is 23.3 Å². The Morgan fingerprint density at radius 3 is 2.50 bits per heavy atom. The zero-order valence-electron chi connectivity index (χ0n) is 14.3. The molecule has 2 aromatic rings. The minimum Gasteiger partial charge on any atom is -0.361 e. The van der Waals surface area contributed by atoms with Gasteiger partial charge >= 0.3 is 0 Å². The maximum Gasteiger partial charge on any atom is 0.123 e. The fraction of sp³-hybridized carbons (Fsp3) is 0.400. The van der Waals surface area contributed by atoms with Gasteiger partial charge in [-0.3, -0.25) is 0 Å². The molecule has 1 aliphatic rings. The van der Waals surface area contributed by atoms with Crippen molar-refractivity contribution in [3.8, 4) is 0 Å². The summed E-state index contributed by atoms with van der Waals surface area (Å²) in [5.41, 5.74) is 10.3. The minimum absolute atomic E-state index is 0.0708. The predicted molar refractivity (Wildman–Crippen MR) is 94.2 cm³/mol. The van der Waals surface area contributed by atoms with Gasteiger partial charge in [-0.2, -0.15) is 0 Å². The Labute approximate surface area is 143 Å². The van der Waals surface area contributed by atoms with Gasteiger partial charge in [-0.15, -0.1) is 0 Å². The van der Waals surface area contributed by atoms with E-state index >= 15 is 0 Å². The molecule has 2 atom stereocenters. The van der Waals surface area contributed by atoms with Gasteiger partial charge in [-0.05, 0) is 67.9 Å². The molecule has 2 aromatic carbocycles. The maximum atomic E-state index is 13.2. The Morgan fingerprint density at radius 2 is 1.83 bits per heavy atom. The molecular formula is C20H25FN2O. The van der Waals surface area contributed by atoms with Crippen molar-refractivity contribution in [1.29, 1.82) is 0 Å². The van der Waals surface area contributed by atoms with E-state index in [2.05, 4.69) is 37.2 Å². The molecule has 0 bridgehead atoms. The molecule has 1 aliphatic heterocycles. The van der Waals surface area contributed by atoms with Crippen LogP contribution in [0.1, 0.15) is 47.3 Å². The molecule has 0 fully saturated rings. The average molecular weight is 328 g/mol. The number of benzene rings is 2. The molecule has 1 heterocycles. The number of hydrogen-bond donors (Lipinski definition) is 1. The summed E-state index contributed by atoms with van der Waals surface area (Å²) >= 11 is 0. The maximum absolute atomic E-state index is 13.2. The fourth-order valence-electron chi connectivity index (χ4n) is 3.29. The number of hydrogen-bond acceptors (Lipinski definition) is 3. The number of fused-ring (bicyclic) bond motifs is 1. The first-order chi connectivity index (χ1) is 11.6. The highest BCUT2D eigenvalue weighted by molar-refractivity contribution is 5.43. The van der Waals surface area contributed by atoms with Crippen LogP contribution < -0.4 is 5.73 Å². The molecule has 0 spiro atoms. The smallest absolute Gasteiger partial charge is 0.123 e. The van der Waals surface area contributed by atoms with E-state index in [-0.39, 0.29) is 18.0 Å². The Kier molecular flexibility index (Phi) is 5.29. The molecule has 128 valence electrons. The summed E-state index contributed by atoms with van der Waals surface area (Å²) in [7, 11) is 4.16. The molecule has 0 aromatic heterocycles. The second-order valence-electron chi connectivity index (χ2n) is 6.67. The molecule has 3 rings (SSSR count). The second-order valence-corrected chi connectivity index (χ2v) is 6.67. The van der Waals surface area contributed by atoms with Crippen molar-refractivity contribution in [2.45, 2.75) is 31.6 Å². The first kappa shape index (κ1) is 17.1. The molecule has 0 amide bonds. The Hall–Kier alpha value is -1.75. The van der Waals surface area contributed by atoms with Gasteiger partial charge in [0.2, 0.25) is 0 Å². The normalized spacial score (nSPS) is 19.7. The fourth-order valence-corrected chi connectivity index (χ4v) is 3.29. The Bertz CT molecular complexity index is 685. The quantitative estimate of drug-likeness (QED) is 0.877. The van der Waals surface area contributed by atoms with Gasteiger partial charge in [0.15, 0.2) is 0 Å². The number of rotatable bonds is 6. The minimum atomic E-state index is -0.224. The summed E-state index contributed by atoms with van der Waals surface area (Å²) < 4.78 is 19.6. The van der Waals surface area contributed by atoms with Crippen molar-refractivity contribution in [3.63, 3.8) is 0 Å². The van der Waals surface area contributed by atoms with Crippen LogP contribution in [0, 0.1) is 5.82 Å². The number of halogens is 1. The van der Waals surface area contributed by atoms with Crippen LogP contribution in [0.15, 0.2) is 42.5 Å². The molecule has 24 heavy (non-hydrogen) atoms. The van der Waals surface area contributed by atoms with E-state index in [1.807, 2.05) is 12.1 Å². The SMILES string of the molecule is CN(C)CCCC1OC(c2ccc(F)cc2)c2ccc(CN)cc21. The van der Waals surface area contributed by atoms with Crippen LogP contribution in [-0.2, 0) is 11.3 Å².